The number of unbranched alkanes of at least 4 members (excludes halogenated alkanes) is 25. The lowest BCUT2D eigenvalue weighted by Gasteiger charge is -2.14. The first-order chi connectivity index (χ1) is 20.5. The van der Waals surface area contributed by atoms with Gasteiger partial charge in [-0.3, -0.25) is 9.59 Å². The number of carboxylic acids is 1. The SMILES string of the molecule is CCCCCCCCCCCCCCCCCCOC(=O)C[C@H](NC(=O)CCCCCCCCCCCCC)C(=O)O. The third-order valence-corrected chi connectivity index (χ3v) is 8.27. The van der Waals surface area contributed by atoms with Crippen LogP contribution in [-0.2, 0) is 19.1 Å². The fourth-order valence-electron chi connectivity index (χ4n) is 5.48. The van der Waals surface area contributed by atoms with Crippen molar-refractivity contribution in [3.8, 4) is 0 Å². The number of amides is 1. The number of nitrogens with one attached hydrogen (secondary N) is 1. The molecule has 0 bridgehead atoms. The van der Waals surface area contributed by atoms with Gasteiger partial charge in [0.25, 0.3) is 0 Å². The highest BCUT2D eigenvalue weighted by Gasteiger charge is 2.23. The molecule has 0 aliphatic rings. The first-order valence-corrected chi connectivity index (χ1v) is 18.2. The lowest BCUT2D eigenvalue weighted by molar-refractivity contribution is -0.150. The van der Waals surface area contributed by atoms with E-state index >= 15 is 0 Å². The summed E-state index contributed by atoms with van der Waals surface area (Å²) in [6.07, 6.45) is 33.8. The van der Waals surface area contributed by atoms with Crippen LogP contribution in [0.3, 0.4) is 0 Å². The van der Waals surface area contributed by atoms with Gasteiger partial charge in [0, 0.05) is 6.42 Å². The zero-order valence-electron chi connectivity index (χ0n) is 27.9. The molecule has 0 saturated heterocycles. The third-order valence-electron chi connectivity index (χ3n) is 8.27. The van der Waals surface area contributed by atoms with Gasteiger partial charge in [-0.2, -0.15) is 0 Å². The van der Waals surface area contributed by atoms with Crippen LogP contribution in [0.5, 0.6) is 0 Å². The summed E-state index contributed by atoms with van der Waals surface area (Å²) in [6.45, 7) is 4.82. The van der Waals surface area contributed by atoms with Crippen molar-refractivity contribution in [2.75, 3.05) is 6.61 Å². The molecule has 1 atom stereocenters. The molecule has 0 aromatic carbocycles. The number of carboxylic acid groups (broad SMARTS) is 1. The van der Waals surface area contributed by atoms with Gasteiger partial charge in [0.1, 0.15) is 6.04 Å². The third kappa shape index (κ3) is 29.9. The molecule has 1 amide bonds. The van der Waals surface area contributed by atoms with E-state index < -0.39 is 18.0 Å². The molecule has 0 aromatic heterocycles. The van der Waals surface area contributed by atoms with E-state index in [-0.39, 0.29) is 12.3 Å². The molecule has 0 saturated carbocycles. The Morgan fingerprint density at radius 3 is 1.21 bits per heavy atom. The number of hydrogen-bond acceptors (Lipinski definition) is 4. The van der Waals surface area contributed by atoms with Gasteiger partial charge in [0.15, 0.2) is 0 Å². The molecule has 0 aliphatic heterocycles. The van der Waals surface area contributed by atoms with E-state index in [4.69, 9.17) is 4.74 Å². The molecule has 248 valence electrons. The molecule has 0 aromatic rings. The summed E-state index contributed by atoms with van der Waals surface area (Å²) in [6, 6.07) is -1.22. The highest BCUT2D eigenvalue weighted by Crippen LogP contribution is 2.14. The minimum atomic E-state index is -1.22. The smallest absolute Gasteiger partial charge is 0.326 e. The van der Waals surface area contributed by atoms with Crippen LogP contribution in [0.4, 0.5) is 0 Å². The topological polar surface area (TPSA) is 92.7 Å². The average Bonchev–Trinajstić information content (AvgIpc) is 2.97. The summed E-state index contributed by atoms with van der Waals surface area (Å²) in [5.41, 5.74) is 0. The van der Waals surface area contributed by atoms with Crippen molar-refractivity contribution in [1.82, 2.24) is 5.32 Å². The van der Waals surface area contributed by atoms with Crippen molar-refractivity contribution in [3.63, 3.8) is 0 Å². The van der Waals surface area contributed by atoms with Gasteiger partial charge in [-0.25, -0.2) is 4.79 Å². The summed E-state index contributed by atoms with van der Waals surface area (Å²) in [5, 5.41) is 11.9. The highest BCUT2D eigenvalue weighted by atomic mass is 16.5. The molecule has 0 heterocycles. The highest BCUT2D eigenvalue weighted by molar-refractivity contribution is 5.87. The molecule has 0 aliphatic carbocycles. The molecule has 2 N–H and O–H groups in total. The maximum Gasteiger partial charge on any atom is 0.326 e. The Labute approximate surface area is 259 Å². The monoisotopic (exact) mass is 596 g/mol. The summed E-state index contributed by atoms with van der Waals surface area (Å²) in [5.74, 6) is -2.05. The van der Waals surface area contributed by atoms with E-state index in [9.17, 15) is 19.5 Å². The first-order valence-electron chi connectivity index (χ1n) is 18.2. The molecule has 0 fully saturated rings. The van der Waals surface area contributed by atoms with E-state index in [0.29, 0.717) is 13.0 Å². The van der Waals surface area contributed by atoms with Gasteiger partial charge in [-0.1, -0.05) is 174 Å². The van der Waals surface area contributed by atoms with Crippen LogP contribution >= 0.6 is 0 Å². The molecule has 6 heteroatoms. The van der Waals surface area contributed by atoms with E-state index in [2.05, 4.69) is 19.2 Å². The van der Waals surface area contributed by atoms with Gasteiger partial charge in [0.05, 0.1) is 13.0 Å². The van der Waals surface area contributed by atoms with Crippen molar-refractivity contribution in [2.45, 2.75) is 206 Å². The predicted molar refractivity (Wildman–Crippen MR) is 176 cm³/mol. The number of hydrogen-bond donors (Lipinski definition) is 2. The summed E-state index contributed by atoms with van der Waals surface area (Å²) in [7, 11) is 0. The fraction of sp³-hybridized carbons (Fsp3) is 0.917. The quantitative estimate of drug-likeness (QED) is 0.0581. The zero-order chi connectivity index (χ0) is 30.9. The van der Waals surface area contributed by atoms with Gasteiger partial charge in [-0.15, -0.1) is 0 Å². The molecule has 0 radical (unpaired) electrons. The molecular formula is C36H69NO5. The molecule has 0 spiro atoms. The van der Waals surface area contributed by atoms with Gasteiger partial charge in [0.2, 0.25) is 5.91 Å². The second-order valence-corrected chi connectivity index (χ2v) is 12.5. The van der Waals surface area contributed by atoms with Crippen LogP contribution in [-0.4, -0.2) is 35.6 Å². The van der Waals surface area contributed by atoms with Crippen molar-refractivity contribution in [3.05, 3.63) is 0 Å². The summed E-state index contributed by atoms with van der Waals surface area (Å²) in [4.78, 5) is 35.9. The number of aliphatic carboxylic acids is 1. The Kier molecular flexibility index (Phi) is 31.1. The van der Waals surface area contributed by atoms with Crippen molar-refractivity contribution in [2.24, 2.45) is 0 Å². The van der Waals surface area contributed by atoms with E-state index in [1.54, 1.807) is 0 Å². The Bertz CT molecular complexity index is 624. The predicted octanol–water partition coefficient (Wildman–Crippen LogP) is 10.5. The van der Waals surface area contributed by atoms with Gasteiger partial charge >= 0.3 is 11.9 Å². The van der Waals surface area contributed by atoms with Gasteiger partial charge in [-0.05, 0) is 12.8 Å². The number of carbonyl (C=O) groups excluding carboxylic acids is 2. The largest absolute Gasteiger partial charge is 0.480 e. The van der Waals surface area contributed by atoms with E-state index in [1.165, 1.54) is 135 Å². The van der Waals surface area contributed by atoms with Crippen LogP contribution in [0.2, 0.25) is 0 Å². The second kappa shape index (κ2) is 32.3. The molecule has 6 nitrogen and oxygen atoms in total. The minimum Gasteiger partial charge on any atom is -0.480 e. The lowest BCUT2D eigenvalue weighted by Crippen LogP contribution is -2.42. The van der Waals surface area contributed by atoms with Crippen LogP contribution in [0, 0.1) is 0 Å². The lowest BCUT2D eigenvalue weighted by atomic mass is 10.0. The fourth-order valence-corrected chi connectivity index (χ4v) is 5.48. The van der Waals surface area contributed by atoms with E-state index in [0.717, 1.165) is 38.5 Å². The molecule has 0 rings (SSSR count). The van der Waals surface area contributed by atoms with Crippen molar-refractivity contribution >= 4 is 17.8 Å². The second-order valence-electron chi connectivity index (χ2n) is 12.5. The summed E-state index contributed by atoms with van der Waals surface area (Å²) >= 11 is 0. The van der Waals surface area contributed by atoms with Crippen LogP contribution in [0.1, 0.15) is 200 Å². The molecular weight excluding hydrogens is 526 g/mol. The van der Waals surface area contributed by atoms with Crippen molar-refractivity contribution in [1.29, 1.82) is 0 Å². The normalized spacial score (nSPS) is 11.9. The number of carbonyl (C=O) groups is 3. The molecule has 0 unspecified atom stereocenters. The van der Waals surface area contributed by atoms with E-state index in [1.807, 2.05) is 0 Å². The van der Waals surface area contributed by atoms with Crippen LogP contribution in [0.25, 0.3) is 0 Å². The Hall–Kier alpha value is -1.59. The standard InChI is InChI=1S/C36H69NO5/c1-3-5-7-9-11-13-15-16-17-18-19-21-23-25-27-29-31-42-35(39)32-33(36(40)41)37-34(38)30-28-26-24-22-20-14-12-10-8-6-4-2/h33H,3-32H2,1-2H3,(H,37,38)(H,40,41)/t33-/m0/s1. The van der Waals surface area contributed by atoms with Crippen LogP contribution < -0.4 is 5.32 Å². The minimum absolute atomic E-state index is 0.301. The average molecular weight is 596 g/mol. The number of ether oxygens (including phenoxy) is 1. The number of esters is 1. The van der Waals surface area contributed by atoms with Crippen LogP contribution in [0.15, 0.2) is 0 Å². The Morgan fingerprint density at radius 1 is 0.524 bits per heavy atom. The molecule has 42 heavy (non-hydrogen) atoms. The first kappa shape index (κ1) is 40.4. The zero-order valence-corrected chi connectivity index (χ0v) is 27.9. The maximum absolute atomic E-state index is 12.2. The number of rotatable bonds is 33. The summed E-state index contributed by atoms with van der Waals surface area (Å²) < 4.78 is 5.24. The van der Waals surface area contributed by atoms with Gasteiger partial charge < -0.3 is 15.2 Å². The van der Waals surface area contributed by atoms with Crippen molar-refractivity contribution < 1.29 is 24.2 Å². The Balaban J connectivity index is 3.63. The maximum atomic E-state index is 12.2. The Morgan fingerprint density at radius 2 is 0.857 bits per heavy atom.